The minimum atomic E-state index is -4.45. The molecule has 0 aliphatic rings. The maximum absolute atomic E-state index is 12.7. The highest BCUT2D eigenvalue weighted by Crippen LogP contribution is 2.37. The second kappa shape index (κ2) is 10.8. The second-order valence-corrected chi connectivity index (χ2v) is 9.50. The normalized spacial score (nSPS) is 14.8. The summed E-state index contributed by atoms with van der Waals surface area (Å²) in [7, 11) is 0. The summed E-state index contributed by atoms with van der Waals surface area (Å²) in [6, 6.07) is 8.82. The van der Waals surface area contributed by atoms with Gasteiger partial charge in [0.05, 0.1) is 17.2 Å². The standard InChI is InChI=1S/C24H29ClF3NO5/c1-22(2,3)34-21(32)29-23(4,14-16(31)11-12-30)19-10-9-18(13-20(19)25)33-17-7-5-15(6-8-17)24(26,27)28/h5-10,13,16,30-31H,11-12,14H2,1-4H3,(H,29,32). The van der Waals surface area contributed by atoms with E-state index in [1.165, 1.54) is 18.2 Å². The number of carbonyl (C=O) groups is 1. The third kappa shape index (κ3) is 8.07. The Labute approximate surface area is 201 Å². The van der Waals surface area contributed by atoms with Gasteiger partial charge in [0.2, 0.25) is 0 Å². The first kappa shape index (κ1) is 27.8. The maximum Gasteiger partial charge on any atom is 0.416 e. The third-order valence-electron chi connectivity index (χ3n) is 4.84. The van der Waals surface area contributed by atoms with Crippen molar-refractivity contribution in [2.24, 2.45) is 0 Å². The monoisotopic (exact) mass is 503 g/mol. The number of rotatable bonds is 8. The van der Waals surface area contributed by atoms with Gasteiger partial charge < -0.3 is 25.0 Å². The van der Waals surface area contributed by atoms with Crippen LogP contribution in [0.3, 0.4) is 0 Å². The number of amides is 1. The smallest absolute Gasteiger partial charge is 0.416 e. The number of aliphatic hydroxyl groups is 2. The van der Waals surface area contributed by atoms with Crippen LogP contribution in [0.25, 0.3) is 0 Å². The molecule has 0 fully saturated rings. The fourth-order valence-corrected chi connectivity index (χ4v) is 3.71. The van der Waals surface area contributed by atoms with Gasteiger partial charge in [-0.15, -0.1) is 0 Å². The molecule has 3 N–H and O–H groups in total. The molecule has 0 saturated carbocycles. The van der Waals surface area contributed by atoms with Gasteiger partial charge in [-0.1, -0.05) is 17.7 Å². The van der Waals surface area contributed by atoms with Gasteiger partial charge in [0.15, 0.2) is 0 Å². The lowest BCUT2D eigenvalue weighted by molar-refractivity contribution is -0.137. The number of benzene rings is 2. The molecule has 2 aromatic carbocycles. The summed E-state index contributed by atoms with van der Waals surface area (Å²) < 4.78 is 49.2. The van der Waals surface area contributed by atoms with E-state index in [0.717, 1.165) is 12.1 Å². The molecule has 10 heteroatoms. The van der Waals surface area contributed by atoms with E-state index < -0.39 is 35.1 Å². The Morgan fingerprint density at radius 1 is 1.06 bits per heavy atom. The van der Waals surface area contributed by atoms with Gasteiger partial charge >= 0.3 is 12.3 Å². The van der Waals surface area contributed by atoms with Crippen molar-refractivity contribution >= 4 is 17.7 Å². The van der Waals surface area contributed by atoms with Crippen LogP contribution in [0, 0.1) is 0 Å². The Kier molecular flexibility index (Phi) is 8.85. The summed E-state index contributed by atoms with van der Waals surface area (Å²) >= 11 is 6.49. The minimum Gasteiger partial charge on any atom is -0.457 e. The molecule has 0 saturated heterocycles. The Morgan fingerprint density at radius 2 is 1.65 bits per heavy atom. The predicted molar refractivity (Wildman–Crippen MR) is 122 cm³/mol. The van der Waals surface area contributed by atoms with E-state index >= 15 is 0 Å². The van der Waals surface area contributed by atoms with Crippen LogP contribution in [0.1, 0.15) is 51.7 Å². The third-order valence-corrected chi connectivity index (χ3v) is 5.15. The lowest BCUT2D eigenvalue weighted by Gasteiger charge is -2.35. The van der Waals surface area contributed by atoms with Crippen LogP contribution >= 0.6 is 11.6 Å². The van der Waals surface area contributed by atoms with Gasteiger partial charge in [-0.3, -0.25) is 0 Å². The number of hydrogen-bond donors (Lipinski definition) is 3. The molecule has 2 aromatic rings. The zero-order chi connectivity index (χ0) is 25.7. The zero-order valence-corrected chi connectivity index (χ0v) is 20.1. The van der Waals surface area contributed by atoms with Gasteiger partial charge in [0.1, 0.15) is 17.1 Å². The number of alkyl halides is 3. The number of carbonyl (C=O) groups excluding carboxylic acids is 1. The number of ether oxygens (including phenoxy) is 2. The van der Waals surface area contributed by atoms with Crippen molar-refractivity contribution in [3.8, 4) is 11.5 Å². The quantitative estimate of drug-likeness (QED) is 0.409. The molecule has 0 aromatic heterocycles. The second-order valence-electron chi connectivity index (χ2n) is 9.10. The van der Waals surface area contributed by atoms with E-state index in [1.807, 2.05) is 0 Å². The number of halogens is 4. The maximum atomic E-state index is 12.7. The fraction of sp³-hybridized carbons (Fsp3) is 0.458. The summed E-state index contributed by atoms with van der Waals surface area (Å²) in [5.41, 5.74) is -2.26. The topological polar surface area (TPSA) is 88.0 Å². The summed E-state index contributed by atoms with van der Waals surface area (Å²) in [6.07, 6.45) is -5.98. The Hall–Kier alpha value is -2.49. The fourth-order valence-electron chi connectivity index (χ4n) is 3.33. The summed E-state index contributed by atoms with van der Waals surface area (Å²) in [5.74, 6) is 0.453. The number of alkyl carbamates (subject to hydrolysis) is 1. The molecule has 0 spiro atoms. The molecule has 1 amide bonds. The Balaban J connectivity index is 2.29. The van der Waals surface area contributed by atoms with Crippen LogP contribution in [0.15, 0.2) is 42.5 Å². The minimum absolute atomic E-state index is 0.0334. The van der Waals surface area contributed by atoms with Crippen molar-refractivity contribution in [3.05, 3.63) is 58.6 Å². The van der Waals surface area contributed by atoms with Crippen LogP contribution in [0.5, 0.6) is 11.5 Å². The van der Waals surface area contributed by atoms with Crippen LogP contribution in [-0.4, -0.2) is 34.6 Å². The first-order valence-electron chi connectivity index (χ1n) is 10.6. The lowest BCUT2D eigenvalue weighted by Crippen LogP contribution is -2.47. The van der Waals surface area contributed by atoms with E-state index in [1.54, 1.807) is 39.8 Å². The van der Waals surface area contributed by atoms with Crippen molar-refractivity contribution < 1.29 is 37.7 Å². The van der Waals surface area contributed by atoms with Crippen LogP contribution in [0.2, 0.25) is 5.02 Å². The van der Waals surface area contributed by atoms with Gasteiger partial charge in [-0.2, -0.15) is 13.2 Å². The molecule has 0 heterocycles. The summed E-state index contributed by atoms with van der Waals surface area (Å²) in [5, 5.41) is 22.4. The van der Waals surface area contributed by atoms with Crippen LogP contribution in [0.4, 0.5) is 18.0 Å². The lowest BCUT2D eigenvalue weighted by atomic mass is 9.85. The van der Waals surface area contributed by atoms with E-state index in [-0.39, 0.29) is 36.0 Å². The number of aliphatic hydroxyl groups excluding tert-OH is 2. The van der Waals surface area contributed by atoms with Crippen molar-refractivity contribution in [1.82, 2.24) is 5.32 Å². The highest BCUT2D eigenvalue weighted by molar-refractivity contribution is 6.31. The van der Waals surface area contributed by atoms with Crippen molar-refractivity contribution in [2.75, 3.05) is 6.61 Å². The Bertz CT molecular complexity index is 976. The van der Waals surface area contributed by atoms with Crippen LogP contribution < -0.4 is 10.1 Å². The molecule has 2 rings (SSSR count). The van der Waals surface area contributed by atoms with Crippen LogP contribution in [-0.2, 0) is 16.5 Å². The van der Waals surface area contributed by atoms with E-state index in [9.17, 15) is 23.1 Å². The van der Waals surface area contributed by atoms with Gasteiger partial charge in [-0.05, 0) is 76.1 Å². The molecule has 34 heavy (non-hydrogen) atoms. The average molecular weight is 504 g/mol. The molecule has 6 nitrogen and oxygen atoms in total. The first-order valence-corrected chi connectivity index (χ1v) is 11.0. The molecule has 2 atom stereocenters. The molecule has 0 bridgehead atoms. The molecular formula is C24H29ClF3NO5. The highest BCUT2D eigenvalue weighted by atomic mass is 35.5. The van der Waals surface area contributed by atoms with Crippen molar-refractivity contribution in [1.29, 1.82) is 0 Å². The van der Waals surface area contributed by atoms with E-state index in [2.05, 4.69) is 5.32 Å². The molecular weight excluding hydrogens is 475 g/mol. The number of nitrogens with one attached hydrogen (secondary N) is 1. The summed E-state index contributed by atoms with van der Waals surface area (Å²) in [4.78, 5) is 12.5. The van der Waals surface area contributed by atoms with Gasteiger partial charge in [0, 0.05) is 18.1 Å². The van der Waals surface area contributed by atoms with E-state index in [0.29, 0.717) is 5.56 Å². The highest BCUT2D eigenvalue weighted by Gasteiger charge is 2.35. The summed E-state index contributed by atoms with van der Waals surface area (Å²) in [6.45, 7) is 6.56. The van der Waals surface area contributed by atoms with E-state index in [4.69, 9.17) is 26.2 Å². The first-order chi connectivity index (χ1) is 15.6. The number of hydrogen-bond acceptors (Lipinski definition) is 5. The zero-order valence-electron chi connectivity index (χ0n) is 19.4. The molecule has 188 valence electrons. The van der Waals surface area contributed by atoms with Gasteiger partial charge in [-0.25, -0.2) is 4.79 Å². The average Bonchev–Trinajstić information content (AvgIpc) is 2.66. The largest absolute Gasteiger partial charge is 0.457 e. The van der Waals surface area contributed by atoms with Crippen molar-refractivity contribution in [2.45, 2.75) is 64.0 Å². The molecule has 0 radical (unpaired) electrons. The SMILES string of the molecule is CC(C)(C)OC(=O)NC(C)(CC(O)CCO)c1ccc(Oc2ccc(C(F)(F)F)cc2)cc1Cl. The molecule has 0 aliphatic heterocycles. The molecule has 2 unspecified atom stereocenters. The Morgan fingerprint density at radius 3 is 2.15 bits per heavy atom. The predicted octanol–water partition coefficient (Wildman–Crippen LogP) is 6.02. The molecule has 0 aliphatic carbocycles. The van der Waals surface area contributed by atoms with Crippen molar-refractivity contribution in [3.63, 3.8) is 0 Å². The van der Waals surface area contributed by atoms with Gasteiger partial charge in [0.25, 0.3) is 0 Å².